The third-order valence-electron chi connectivity index (χ3n) is 5.81. The molecule has 0 radical (unpaired) electrons. The van der Waals surface area contributed by atoms with Gasteiger partial charge in [0.15, 0.2) is 11.5 Å². The summed E-state index contributed by atoms with van der Waals surface area (Å²) in [7, 11) is 0. The van der Waals surface area contributed by atoms with Crippen LogP contribution in [0.1, 0.15) is 50.1 Å². The predicted octanol–water partition coefficient (Wildman–Crippen LogP) is 7.32. The smallest absolute Gasteiger partial charge is 0.282 e. The molecule has 1 heterocycles. The summed E-state index contributed by atoms with van der Waals surface area (Å²) in [4.78, 5) is 18.1. The molecule has 0 aliphatic carbocycles. The zero-order chi connectivity index (χ0) is 26.5. The van der Waals surface area contributed by atoms with E-state index in [0.29, 0.717) is 51.0 Å². The first-order valence-corrected chi connectivity index (χ1v) is 13.1. The highest BCUT2D eigenvalue weighted by molar-refractivity contribution is 9.10. The summed E-state index contributed by atoms with van der Waals surface area (Å²) in [6.45, 7) is 6.40. The standard InChI is InChI=1S/C28H26BrClFN3O3/c1-4-17(3)27-33-24-10-9-20(29)14-22(24)28(35)34(27)32-15-19-12-23(30)26(25(13-19)36-5-2)37-16-18-7-6-8-21(31)11-18/h6-15,17H,4-5,16H2,1-3H3/t17-/m0/s1. The molecule has 4 aromatic rings. The van der Waals surface area contributed by atoms with Crippen molar-refractivity contribution in [3.63, 3.8) is 0 Å². The molecule has 0 saturated heterocycles. The van der Waals surface area contributed by atoms with Gasteiger partial charge in [-0.2, -0.15) is 9.78 Å². The van der Waals surface area contributed by atoms with Crippen molar-refractivity contribution in [2.75, 3.05) is 6.61 Å². The highest BCUT2D eigenvalue weighted by Gasteiger charge is 2.17. The second kappa shape index (κ2) is 11.9. The van der Waals surface area contributed by atoms with Gasteiger partial charge in [0.25, 0.3) is 5.56 Å². The number of halogens is 3. The second-order valence-corrected chi connectivity index (χ2v) is 9.81. The fourth-order valence-corrected chi connectivity index (χ4v) is 4.39. The molecule has 6 nitrogen and oxygen atoms in total. The van der Waals surface area contributed by atoms with Crippen molar-refractivity contribution >= 4 is 44.6 Å². The second-order valence-electron chi connectivity index (χ2n) is 8.48. The molecular weight excluding hydrogens is 561 g/mol. The summed E-state index contributed by atoms with van der Waals surface area (Å²) in [6.07, 6.45) is 2.34. The van der Waals surface area contributed by atoms with Crippen LogP contribution in [0.4, 0.5) is 4.39 Å². The summed E-state index contributed by atoms with van der Waals surface area (Å²) in [5.74, 6) is 1.01. The Morgan fingerprint density at radius 2 is 1.97 bits per heavy atom. The minimum absolute atomic E-state index is 0.0130. The summed E-state index contributed by atoms with van der Waals surface area (Å²) in [5, 5.41) is 5.27. The number of benzene rings is 3. The Balaban J connectivity index is 1.71. The lowest BCUT2D eigenvalue weighted by molar-refractivity contribution is 0.269. The maximum absolute atomic E-state index is 13.5. The van der Waals surface area contributed by atoms with Gasteiger partial charge in [-0.15, -0.1) is 0 Å². The first kappa shape index (κ1) is 26.8. The van der Waals surface area contributed by atoms with Crippen LogP contribution in [0, 0.1) is 5.82 Å². The van der Waals surface area contributed by atoms with Crippen molar-refractivity contribution in [1.82, 2.24) is 9.66 Å². The van der Waals surface area contributed by atoms with Gasteiger partial charge < -0.3 is 9.47 Å². The maximum Gasteiger partial charge on any atom is 0.282 e. The van der Waals surface area contributed by atoms with Crippen molar-refractivity contribution in [3.05, 3.63) is 97.2 Å². The number of hydrogen-bond donors (Lipinski definition) is 0. The summed E-state index contributed by atoms with van der Waals surface area (Å²) >= 11 is 9.98. The molecule has 0 fully saturated rings. The molecular formula is C28H26BrClFN3O3. The van der Waals surface area contributed by atoms with E-state index < -0.39 is 0 Å². The largest absolute Gasteiger partial charge is 0.490 e. The molecule has 0 amide bonds. The molecule has 9 heteroatoms. The van der Waals surface area contributed by atoms with E-state index in [0.717, 1.165) is 10.9 Å². The Hall–Kier alpha value is -3.23. The minimum Gasteiger partial charge on any atom is -0.490 e. The highest BCUT2D eigenvalue weighted by atomic mass is 79.9. The molecule has 3 aromatic carbocycles. The molecule has 192 valence electrons. The van der Waals surface area contributed by atoms with Crippen molar-refractivity contribution in [2.24, 2.45) is 5.10 Å². The number of nitrogens with zero attached hydrogens (tertiary/aromatic N) is 3. The number of fused-ring (bicyclic) bond motifs is 1. The Bertz CT molecular complexity index is 1520. The van der Waals surface area contributed by atoms with Crippen LogP contribution < -0.4 is 15.0 Å². The topological polar surface area (TPSA) is 65.7 Å². The molecule has 0 bridgehead atoms. The quantitative estimate of drug-likeness (QED) is 0.193. The Labute approximate surface area is 227 Å². The van der Waals surface area contributed by atoms with E-state index in [2.05, 4.69) is 21.0 Å². The molecule has 0 unspecified atom stereocenters. The van der Waals surface area contributed by atoms with Crippen LogP contribution in [0.2, 0.25) is 5.02 Å². The Morgan fingerprint density at radius 1 is 1.16 bits per heavy atom. The zero-order valence-corrected chi connectivity index (χ0v) is 23.0. The molecule has 1 aromatic heterocycles. The fraction of sp³-hybridized carbons (Fsp3) is 0.250. The van der Waals surface area contributed by atoms with E-state index >= 15 is 0 Å². The normalized spacial score (nSPS) is 12.3. The molecule has 0 spiro atoms. The van der Waals surface area contributed by atoms with Crippen LogP contribution >= 0.6 is 27.5 Å². The van der Waals surface area contributed by atoms with Gasteiger partial charge in [-0.1, -0.05) is 53.5 Å². The lowest BCUT2D eigenvalue weighted by Crippen LogP contribution is -2.23. The third-order valence-corrected chi connectivity index (χ3v) is 6.59. The summed E-state index contributed by atoms with van der Waals surface area (Å²) in [5.41, 5.74) is 1.64. The number of hydrogen-bond acceptors (Lipinski definition) is 5. The van der Waals surface area contributed by atoms with Gasteiger partial charge >= 0.3 is 0 Å². The van der Waals surface area contributed by atoms with Gasteiger partial charge in [0.1, 0.15) is 18.2 Å². The maximum atomic E-state index is 13.5. The summed E-state index contributed by atoms with van der Waals surface area (Å²) < 4.78 is 27.3. The third kappa shape index (κ3) is 6.19. The lowest BCUT2D eigenvalue weighted by Gasteiger charge is -2.15. The van der Waals surface area contributed by atoms with E-state index in [9.17, 15) is 9.18 Å². The minimum atomic E-state index is -0.341. The first-order chi connectivity index (χ1) is 17.8. The molecule has 37 heavy (non-hydrogen) atoms. The van der Waals surface area contributed by atoms with Gasteiger partial charge in [0, 0.05) is 10.4 Å². The van der Waals surface area contributed by atoms with Crippen molar-refractivity contribution in [3.8, 4) is 11.5 Å². The number of rotatable bonds is 9. The first-order valence-electron chi connectivity index (χ1n) is 11.9. The highest BCUT2D eigenvalue weighted by Crippen LogP contribution is 2.37. The monoisotopic (exact) mass is 585 g/mol. The van der Waals surface area contributed by atoms with Crippen LogP contribution in [0.5, 0.6) is 11.5 Å². The van der Waals surface area contributed by atoms with E-state index in [1.54, 1.807) is 36.5 Å². The van der Waals surface area contributed by atoms with Crippen LogP contribution in [-0.4, -0.2) is 22.5 Å². The van der Waals surface area contributed by atoms with Crippen LogP contribution in [-0.2, 0) is 6.61 Å². The van der Waals surface area contributed by atoms with Gasteiger partial charge in [0.2, 0.25) is 0 Å². The van der Waals surface area contributed by atoms with Crippen molar-refractivity contribution < 1.29 is 13.9 Å². The Morgan fingerprint density at radius 3 is 2.70 bits per heavy atom. The molecule has 4 rings (SSSR count). The molecule has 1 atom stereocenters. The van der Waals surface area contributed by atoms with Gasteiger partial charge in [-0.05, 0) is 66.9 Å². The van der Waals surface area contributed by atoms with Gasteiger partial charge in [-0.25, -0.2) is 9.37 Å². The van der Waals surface area contributed by atoms with Crippen LogP contribution in [0.15, 0.2) is 69.0 Å². The predicted molar refractivity (Wildman–Crippen MR) is 149 cm³/mol. The van der Waals surface area contributed by atoms with E-state index in [1.165, 1.54) is 16.8 Å². The summed E-state index contributed by atoms with van der Waals surface area (Å²) in [6, 6.07) is 15.0. The van der Waals surface area contributed by atoms with Crippen LogP contribution in [0.25, 0.3) is 10.9 Å². The average Bonchev–Trinajstić information content (AvgIpc) is 2.87. The molecule has 0 aliphatic rings. The number of aromatic nitrogens is 2. The fourth-order valence-electron chi connectivity index (χ4n) is 3.75. The number of ether oxygens (including phenoxy) is 2. The average molecular weight is 587 g/mol. The van der Waals surface area contributed by atoms with Crippen LogP contribution in [0.3, 0.4) is 0 Å². The molecule has 0 N–H and O–H groups in total. The van der Waals surface area contributed by atoms with Gasteiger partial charge in [0.05, 0.1) is 28.7 Å². The Kier molecular flexibility index (Phi) is 8.61. The SMILES string of the molecule is CCOc1cc(C=Nn2c([C@@H](C)CC)nc3ccc(Br)cc3c2=O)cc(Cl)c1OCc1cccc(F)c1. The van der Waals surface area contributed by atoms with Crippen molar-refractivity contribution in [2.45, 2.75) is 39.7 Å². The molecule has 0 aliphatic heterocycles. The van der Waals surface area contributed by atoms with Crippen molar-refractivity contribution in [1.29, 1.82) is 0 Å². The molecule has 0 saturated carbocycles. The van der Waals surface area contributed by atoms with E-state index in [1.807, 2.05) is 32.9 Å². The van der Waals surface area contributed by atoms with E-state index in [4.69, 9.17) is 26.1 Å². The van der Waals surface area contributed by atoms with E-state index in [-0.39, 0.29) is 23.9 Å². The van der Waals surface area contributed by atoms with Gasteiger partial charge in [-0.3, -0.25) is 4.79 Å². The lowest BCUT2D eigenvalue weighted by atomic mass is 10.1. The zero-order valence-electron chi connectivity index (χ0n) is 20.7.